The molecular formula is C16H14ClFN2O. The molecule has 0 unspecified atom stereocenters. The van der Waals surface area contributed by atoms with Gasteiger partial charge in [0.15, 0.2) is 0 Å². The van der Waals surface area contributed by atoms with Gasteiger partial charge in [-0.25, -0.2) is 4.39 Å². The van der Waals surface area contributed by atoms with Crippen LogP contribution in [-0.2, 0) is 6.54 Å². The summed E-state index contributed by atoms with van der Waals surface area (Å²) in [4.78, 5) is 14.3. The molecule has 0 aromatic heterocycles. The maximum absolute atomic E-state index is 14.0. The number of carbonyl (C=O) groups is 1. The summed E-state index contributed by atoms with van der Waals surface area (Å²) in [6.07, 6.45) is 0. The first-order valence-electron chi connectivity index (χ1n) is 6.73. The van der Waals surface area contributed by atoms with E-state index in [-0.39, 0.29) is 10.6 Å². The lowest BCUT2D eigenvalue weighted by Gasteiger charge is -2.23. The largest absolute Gasteiger partial charge is 0.311 e. The Bertz CT molecular complexity index is 669. The van der Waals surface area contributed by atoms with E-state index in [2.05, 4.69) is 5.32 Å². The summed E-state index contributed by atoms with van der Waals surface area (Å²) in [7, 11) is 0. The molecule has 0 atom stereocenters. The van der Waals surface area contributed by atoms with Crippen LogP contribution in [-0.4, -0.2) is 19.0 Å². The van der Waals surface area contributed by atoms with Crippen molar-refractivity contribution in [3.05, 3.63) is 64.4 Å². The third kappa shape index (κ3) is 2.64. The molecule has 3 rings (SSSR count). The Hall–Kier alpha value is -1.91. The summed E-state index contributed by atoms with van der Waals surface area (Å²) >= 11 is 6.01. The van der Waals surface area contributed by atoms with E-state index in [0.717, 1.165) is 11.3 Å². The molecule has 1 heterocycles. The molecule has 0 spiro atoms. The third-order valence-corrected chi connectivity index (χ3v) is 3.85. The van der Waals surface area contributed by atoms with Crippen LogP contribution in [0.3, 0.4) is 0 Å². The molecule has 1 N–H and O–H groups in total. The molecule has 2 aromatic carbocycles. The highest BCUT2D eigenvalue weighted by molar-refractivity contribution is 6.34. The Morgan fingerprint density at radius 3 is 2.81 bits per heavy atom. The first-order chi connectivity index (χ1) is 10.2. The van der Waals surface area contributed by atoms with Gasteiger partial charge in [0.05, 0.1) is 10.6 Å². The average molecular weight is 305 g/mol. The van der Waals surface area contributed by atoms with Gasteiger partial charge in [0.25, 0.3) is 5.91 Å². The first-order valence-corrected chi connectivity index (χ1v) is 7.11. The van der Waals surface area contributed by atoms with Crippen molar-refractivity contribution in [3.63, 3.8) is 0 Å². The highest BCUT2D eigenvalue weighted by Gasteiger charge is 2.25. The SMILES string of the molecule is O=C(c1c(F)cccc1Cl)N1CCNCc2ccccc21. The number of anilines is 1. The van der Waals surface area contributed by atoms with Crippen LogP contribution in [0.15, 0.2) is 42.5 Å². The Labute approximate surface area is 127 Å². The number of benzene rings is 2. The lowest BCUT2D eigenvalue weighted by atomic mass is 10.1. The Kier molecular flexibility index (Phi) is 3.90. The summed E-state index contributed by atoms with van der Waals surface area (Å²) in [5.74, 6) is -1.00. The van der Waals surface area contributed by atoms with Crippen LogP contribution in [0.2, 0.25) is 5.02 Å². The van der Waals surface area contributed by atoms with E-state index in [9.17, 15) is 9.18 Å². The zero-order chi connectivity index (χ0) is 14.8. The fourth-order valence-corrected chi connectivity index (χ4v) is 2.75. The van der Waals surface area contributed by atoms with Crippen LogP contribution in [0, 0.1) is 5.82 Å². The number of rotatable bonds is 1. The number of hydrogen-bond donors (Lipinski definition) is 1. The molecular weight excluding hydrogens is 291 g/mol. The number of amides is 1. The van der Waals surface area contributed by atoms with E-state index >= 15 is 0 Å². The molecule has 108 valence electrons. The molecule has 0 bridgehead atoms. The van der Waals surface area contributed by atoms with Crippen molar-refractivity contribution in [2.75, 3.05) is 18.0 Å². The summed E-state index contributed by atoms with van der Waals surface area (Å²) in [6, 6.07) is 11.9. The molecule has 1 amide bonds. The Morgan fingerprint density at radius 1 is 1.19 bits per heavy atom. The van der Waals surface area contributed by atoms with Crippen molar-refractivity contribution in [3.8, 4) is 0 Å². The van der Waals surface area contributed by atoms with Crippen molar-refractivity contribution < 1.29 is 9.18 Å². The van der Waals surface area contributed by atoms with Crippen LogP contribution < -0.4 is 10.2 Å². The van der Waals surface area contributed by atoms with Gasteiger partial charge >= 0.3 is 0 Å². The molecule has 2 aromatic rings. The van der Waals surface area contributed by atoms with Crippen molar-refractivity contribution in [2.24, 2.45) is 0 Å². The van der Waals surface area contributed by atoms with Gasteiger partial charge in [0.1, 0.15) is 5.82 Å². The normalized spacial score (nSPS) is 14.5. The van der Waals surface area contributed by atoms with Crippen molar-refractivity contribution in [1.82, 2.24) is 5.32 Å². The van der Waals surface area contributed by atoms with Crippen molar-refractivity contribution >= 4 is 23.2 Å². The smallest absolute Gasteiger partial charge is 0.262 e. The maximum atomic E-state index is 14.0. The summed E-state index contributed by atoms with van der Waals surface area (Å²) in [5.41, 5.74) is 1.73. The van der Waals surface area contributed by atoms with Gasteiger partial charge in [-0.3, -0.25) is 4.79 Å². The first kappa shape index (κ1) is 14.0. The second kappa shape index (κ2) is 5.84. The predicted octanol–water partition coefficient (Wildman–Crippen LogP) is 3.23. The van der Waals surface area contributed by atoms with Crippen LogP contribution >= 0.6 is 11.6 Å². The number of fused-ring (bicyclic) bond motifs is 1. The number of para-hydroxylation sites is 1. The average Bonchev–Trinajstić information content (AvgIpc) is 2.69. The van der Waals surface area contributed by atoms with E-state index in [4.69, 9.17) is 11.6 Å². The van der Waals surface area contributed by atoms with E-state index in [1.54, 1.807) is 4.90 Å². The standard InChI is InChI=1S/C16H14ClFN2O/c17-12-5-3-6-13(18)15(12)16(21)20-9-8-19-10-11-4-1-2-7-14(11)20/h1-7,19H,8-10H2. The van der Waals surface area contributed by atoms with Gasteiger partial charge in [-0.1, -0.05) is 35.9 Å². The molecule has 5 heteroatoms. The van der Waals surface area contributed by atoms with E-state index < -0.39 is 11.7 Å². The highest BCUT2D eigenvalue weighted by atomic mass is 35.5. The zero-order valence-electron chi connectivity index (χ0n) is 11.3. The van der Waals surface area contributed by atoms with Crippen molar-refractivity contribution in [2.45, 2.75) is 6.54 Å². The maximum Gasteiger partial charge on any atom is 0.262 e. The number of hydrogen-bond acceptors (Lipinski definition) is 2. The summed E-state index contributed by atoms with van der Waals surface area (Å²) in [5, 5.41) is 3.38. The van der Waals surface area contributed by atoms with E-state index in [1.807, 2.05) is 24.3 Å². The number of carbonyl (C=O) groups excluding carboxylic acids is 1. The zero-order valence-corrected chi connectivity index (χ0v) is 12.0. The summed E-state index contributed by atoms with van der Waals surface area (Å²) < 4.78 is 14.0. The van der Waals surface area contributed by atoms with Crippen LogP contribution in [0.4, 0.5) is 10.1 Å². The van der Waals surface area contributed by atoms with Crippen LogP contribution in [0.5, 0.6) is 0 Å². The van der Waals surface area contributed by atoms with E-state index in [1.165, 1.54) is 18.2 Å². The monoisotopic (exact) mass is 304 g/mol. The molecule has 3 nitrogen and oxygen atoms in total. The predicted molar refractivity (Wildman–Crippen MR) is 81.2 cm³/mol. The lowest BCUT2D eigenvalue weighted by Crippen LogP contribution is -2.35. The minimum Gasteiger partial charge on any atom is -0.311 e. The highest BCUT2D eigenvalue weighted by Crippen LogP contribution is 2.27. The molecule has 1 aliphatic rings. The Morgan fingerprint density at radius 2 is 2.00 bits per heavy atom. The topological polar surface area (TPSA) is 32.3 Å². The lowest BCUT2D eigenvalue weighted by molar-refractivity contribution is 0.0984. The number of nitrogens with one attached hydrogen (secondary N) is 1. The quantitative estimate of drug-likeness (QED) is 0.877. The second-order valence-corrected chi connectivity index (χ2v) is 5.27. The van der Waals surface area contributed by atoms with Gasteiger partial charge < -0.3 is 10.2 Å². The molecule has 0 radical (unpaired) electrons. The third-order valence-electron chi connectivity index (χ3n) is 3.53. The number of halogens is 2. The molecule has 0 saturated heterocycles. The van der Waals surface area contributed by atoms with Crippen LogP contribution in [0.25, 0.3) is 0 Å². The summed E-state index contributed by atoms with van der Waals surface area (Å²) in [6.45, 7) is 1.80. The van der Waals surface area contributed by atoms with Gasteiger partial charge in [-0.2, -0.15) is 0 Å². The molecule has 1 aliphatic heterocycles. The van der Waals surface area contributed by atoms with Gasteiger partial charge in [-0.15, -0.1) is 0 Å². The fourth-order valence-electron chi connectivity index (χ4n) is 2.51. The van der Waals surface area contributed by atoms with Crippen LogP contribution in [0.1, 0.15) is 15.9 Å². The van der Waals surface area contributed by atoms with Crippen molar-refractivity contribution in [1.29, 1.82) is 0 Å². The molecule has 0 fully saturated rings. The van der Waals surface area contributed by atoms with Gasteiger partial charge in [0.2, 0.25) is 0 Å². The Balaban J connectivity index is 2.06. The second-order valence-electron chi connectivity index (χ2n) is 4.86. The minimum absolute atomic E-state index is 0.0733. The van der Waals surface area contributed by atoms with Gasteiger partial charge in [0, 0.05) is 25.3 Å². The van der Waals surface area contributed by atoms with E-state index in [0.29, 0.717) is 19.6 Å². The molecule has 21 heavy (non-hydrogen) atoms. The minimum atomic E-state index is -0.595. The molecule has 0 saturated carbocycles. The molecule has 0 aliphatic carbocycles. The fraction of sp³-hybridized carbons (Fsp3) is 0.188. The number of nitrogens with zero attached hydrogens (tertiary/aromatic N) is 1. The van der Waals surface area contributed by atoms with Gasteiger partial charge in [-0.05, 0) is 23.8 Å².